The van der Waals surface area contributed by atoms with Crippen LogP contribution in [-0.4, -0.2) is 42.1 Å². The van der Waals surface area contributed by atoms with E-state index in [1.807, 2.05) is 0 Å². The zero-order valence-electron chi connectivity index (χ0n) is 11.6. The fourth-order valence-corrected chi connectivity index (χ4v) is 3.08. The number of rotatable bonds is 7. The molecule has 0 aliphatic heterocycles. The fraction of sp³-hybridized carbons (Fsp3) is 0.538. The van der Waals surface area contributed by atoms with Crippen LogP contribution in [0.2, 0.25) is 0 Å². The Balaban J connectivity index is 1.99. The van der Waals surface area contributed by atoms with Gasteiger partial charge in [-0.15, -0.1) is 22.7 Å². The summed E-state index contributed by atoms with van der Waals surface area (Å²) < 4.78 is 0. The molecule has 1 N–H and O–H groups in total. The lowest BCUT2D eigenvalue weighted by molar-refractivity contribution is 0.413. The fourth-order valence-electron chi connectivity index (χ4n) is 1.57. The maximum Gasteiger partial charge on any atom is 0.183 e. The molecule has 2 heterocycles. The number of thiazole rings is 2. The average Bonchev–Trinajstić information content (AvgIpc) is 3.02. The minimum atomic E-state index is 0.970. The molecule has 6 heteroatoms. The SMILES string of the molecule is CCCNc1nc(-c2csc(CCN(C)C)n2)cs1. The second-order valence-electron chi connectivity index (χ2n) is 4.64. The first kappa shape index (κ1) is 14.4. The molecule has 2 aromatic rings. The predicted molar refractivity (Wildman–Crippen MR) is 84.3 cm³/mol. The highest BCUT2D eigenvalue weighted by Crippen LogP contribution is 2.26. The maximum atomic E-state index is 4.65. The number of hydrogen-bond acceptors (Lipinski definition) is 6. The van der Waals surface area contributed by atoms with Gasteiger partial charge in [-0.25, -0.2) is 9.97 Å². The van der Waals surface area contributed by atoms with E-state index in [1.165, 1.54) is 5.01 Å². The molecular formula is C13H20N4S2. The summed E-state index contributed by atoms with van der Waals surface area (Å²) in [5.41, 5.74) is 1.98. The highest BCUT2D eigenvalue weighted by atomic mass is 32.1. The summed E-state index contributed by atoms with van der Waals surface area (Å²) in [5, 5.41) is 9.65. The second-order valence-corrected chi connectivity index (χ2v) is 6.45. The number of nitrogens with zero attached hydrogens (tertiary/aromatic N) is 3. The molecule has 104 valence electrons. The predicted octanol–water partition coefficient (Wildman–Crippen LogP) is 3.19. The molecule has 0 aliphatic carbocycles. The summed E-state index contributed by atoms with van der Waals surface area (Å²) in [6, 6.07) is 0. The van der Waals surface area contributed by atoms with Crippen molar-refractivity contribution >= 4 is 27.8 Å². The van der Waals surface area contributed by atoms with Gasteiger partial charge in [0.2, 0.25) is 0 Å². The Bertz CT molecular complexity index is 504. The van der Waals surface area contributed by atoms with Crippen LogP contribution in [0.4, 0.5) is 5.13 Å². The van der Waals surface area contributed by atoms with Crippen LogP contribution in [0.5, 0.6) is 0 Å². The molecule has 0 spiro atoms. The van der Waals surface area contributed by atoms with Crippen molar-refractivity contribution in [2.45, 2.75) is 19.8 Å². The molecule has 0 aromatic carbocycles. The Hall–Kier alpha value is -0.980. The lowest BCUT2D eigenvalue weighted by Gasteiger charge is -2.06. The zero-order chi connectivity index (χ0) is 13.7. The molecule has 0 bridgehead atoms. The first-order chi connectivity index (χ1) is 9.19. The smallest absolute Gasteiger partial charge is 0.183 e. The van der Waals surface area contributed by atoms with Gasteiger partial charge in [-0.2, -0.15) is 0 Å². The van der Waals surface area contributed by atoms with E-state index in [-0.39, 0.29) is 0 Å². The lowest BCUT2D eigenvalue weighted by atomic mass is 10.4. The normalized spacial score (nSPS) is 11.2. The summed E-state index contributed by atoms with van der Waals surface area (Å²) in [6.45, 7) is 4.16. The number of aromatic nitrogens is 2. The van der Waals surface area contributed by atoms with Crippen molar-refractivity contribution in [2.24, 2.45) is 0 Å². The molecule has 2 aromatic heterocycles. The van der Waals surface area contributed by atoms with E-state index in [4.69, 9.17) is 0 Å². The summed E-state index contributed by atoms with van der Waals surface area (Å²) in [7, 11) is 4.17. The van der Waals surface area contributed by atoms with Crippen molar-refractivity contribution < 1.29 is 0 Å². The summed E-state index contributed by atoms with van der Waals surface area (Å²) >= 11 is 3.37. The Kier molecular flexibility index (Phi) is 5.30. The lowest BCUT2D eigenvalue weighted by Crippen LogP contribution is -2.14. The van der Waals surface area contributed by atoms with E-state index in [2.05, 4.69) is 52.0 Å². The summed E-state index contributed by atoms with van der Waals surface area (Å²) in [4.78, 5) is 11.4. The van der Waals surface area contributed by atoms with Crippen molar-refractivity contribution in [1.82, 2.24) is 14.9 Å². The topological polar surface area (TPSA) is 41.1 Å². The van der Waals surface area contributed by atoms with Gasteiger partial charge >= 0.3 is 0 Å². The average molecular weight is 296 g/mol. The molecule has 0 aliphatic rings. The van der Waals surface area contributed by atoms with Crippen molar-refractivity contribution in [2.75, 3.05) is 32.5 Å². The standard InChI is InChI=1S/C13H20N4S2/c1-4-6-14-13-16-11(9-19-13)10-8-18-12(15-10)5-7-17(2)3/h8-9H,4-7H2,1-3H3,(H,14,16). The van der Waals surface area contributed by atoms with Crippen LogP contribution < -0.4 is 5.32 Å². The van der Waals surface area contributed by atoms with Gasteiger partial charge in [0.15, 0.2) is 5.13 Å². The minimum absolute atomic E-state index is 0.970. The van der Waals surface area contributed by atoms with Gasteiger partial charge in [-0.3, -0.25) is 0 Å². The van der Waals surface area contributed by atoms with Crippen LogP contribution >= 0.6 is 22.7 Å². The van der Waals surface area contributed by atoms with Gasteiger partial charge in [-0.05, 0) is 20.5 Å². The number of likely N-dealkylation sites (N-methyl/N-ethyl adjacent to an activating group) is 1. The third-order valence-corrected chi connectivity index (χ3v) is 4.33. The van der Waals surface area contributed by atoms with Crippen molar-refractivity contribution in [1.29, 1.82) is 0 Å². The van der Waals surface area contributed by atoms with Crippen LogP contribution in [0.25, 0.3) is 11.4 Å². The van der Waals surface area contributed by atoms with Gasteiger partial charge in [0.05, 0.1) is 5.01 Å². The molecule has 2 rings (SSSR count). The second kappa shape index (κ2) is 6.98. The quantitative estimate of drug-likeness (QED) is 0.852. The van der Waals surface area contributed by atoms with Gasteiger partial charge in [0, 0.05) is 30.3 Å². The van der Waals surface area contributed by atoms with E-state index < -0.39 is 0 Å². The Morgan fingerprint density at radius 2 is 1.89 bits per heavy atom. The summed E-state index contributed by atoms with van der Waals surface area (Å²) in [6.07, 6.45) is 2.11. The van der Waals surface area contributed by atoms with Crippen molar-refractivity contribution in [3.8, 4) is 11.4 Å². The molecule has 4 nitrogen and oxygen atoms in total. The first-order valence-corrected chi connectivity index (χ1v) is 8.24. The van der Waals surface area contributed by atoms with E-state index in [9.17, 15) is 0 Å². The molecule has 19 heavy (non-hydrogen) atoms. The molecule has 0 saturated carbocycles. The van der Waals surface area contributed by atoms with E-state index in [0.29, 0.717) is 0 Å². The van der Waals surface area contributed by atoms with Crippen LogP contribution in [0.15, 0.2) is 10.8 Å². The van der Waals surface area contributed by atoms with Crippen LogP contribution in [0, 0.1) is 0 Å². The minimum Gasteiger partial charge on any atom is -0.362 e. The number of nitrogens with one attached hydrogen (secondary N) is 1. The van der Waals surface area contributed by atoms with Gasteiger partial charge in [0.25, 0.3) is 0 Å². The number of hydrogen-bond donors (Lipinski definition) is 1. The van der Waals surface area contributed by atoms with E-state index in [0.717, 1.165) is 42.5 Å². The highest BCUT2D eigenvalue weighted by molar-refractivity contribution is 7.14. The van der Waals surface area contributed by atoms with Crippen LogP contribution in [0.1, 0.15) is 18.4 Å². The molecule has 0 unspecified atom stereocenters. The largest absolute Gasteiger partial charge is 0.362 e. The molecular weight excluding hydrogens is 276 g/mol. The number of anilines is 1. The molecule has 0 amide bonds. The van der Waals surface area contributed by atoms with Crippen LogP contribution in [-0.2, 0) is 6.42 Å². The Labute approximate surface area is 122 Å². The third-order valence-electron chi connectivity index (χ3n) is 2.62. The monoisotopic (exact) mass is 296 g/mol. The van der Waals surface area contributed by atoms with Gasteiger partial charge < -0.3 is 10.2 Å². The first-order valence-electron chi connectivity index (χ1n) is 6.48. The molecule has 0 saturated heterocycles. The van der Waals surface area contributed by atoms with Crippen molar-refractivity contribution in [3.63, 3.8) is 0 Å². The van der Waals surface area contributed by atoms with Crippen molar-refractivity contribution in [3.05, 3.63) is 15.8 Å². The molecule has 0 fully saturated rings. The Morgan fingerprint density at radius 1 is 1.16 bits per heavy atom. The summed E-state index contributed by atoms with van der Waals surface area (Å²) in [5.74, 6) is 0. The van der Waals surface area contributed by atoms with E-state index in [1.54, 1.807) is 22.7 Å². The highest BCUT2D eigenvalue weighted by Gasteiger charge is 2.08. The molecule has 0 atom stereocenters. The molecule has 0 radical (unpaired) electrons. The zero-order valence-corrected chi connectivity index (χ0v) is 13.3. The van der Waals surface area contributed by atoms with Gasteiger partial charge in [0.1, 0.15) is 11.4 Å². The van der Waals surface area contributed by atoms with Gasteiger partial charge in [-0.1, -0.05) is 6.92 Å². The third kappa shape index (κ3) is 4.26. The maximum absolute atomic E-state index is 4.65. The van der Waals surface area contributed by atoms with E-state index >= 15 is 0 Å². The Morgan fingerprint density at radius 3 is 2.63 bits per heavy atom. The van der Waals surface area contributed by atoms with Crippen LogP contribution in [0.3, 0.4) is 0 Å².